The minimum atomic E-state index is -0.0373. The molecule has 0 saturated carbocycles. The van der Waals surface area contributed by atoms with Crippen LogP contribution in [-0.2, 0) is 13.0 Å². The Hall–Kier alpha value is -2.67. The maximum absolute atomic E-state index is 13.2. The number of hydrogen-bond acceptors (Lipinski definition) is 5. The molecule has 1 N–H and O–H groups in total. The summed E-state index contributed by atoms with van der Waals surface area (Å²) in [5.41, 5.74) is 1.68. The molecule has 0 aliphatic carbocycles. The number of aryl methyl sites for hydroxylation is 1. The number of amides is 1. The van der Waals surface area contributed by atoms with E-state index in [0.717, 1.165) is 47.7 Å². The molecule has 0 bridgehead atoms. The lowest BCUT2D eigenvalue weighted by Crippen LogP contribution is -2.34. The lowest BCUT2D eigenvalue weighted by molar-refractivity contribution is 0.0728. The number of piperidine rings is 1. The smallest absolute Gasteiger partial charge is 0.289 e. The Morgan fingerprint density at radius 3 is 2.89 bits per heavy atom. The van der Waals surface area contributed by atoms with Crippen LogP contribution in [0.1, 0.15) is 53.1 Å². The number of benzene rings is 1. The summed E-state index contributed by atoms with van der Waals surface area (Å²) in [6, 6.07) is 8.08. The second-order valence-electron chi connectivity index (χ2n) is 7.72. The van der Waals surface area contributed by atoms with Crippen LogP contribution >= 0.6 is 0 Å². The van der Waals surface area contributed by atoms with E-state index in [1.807, 2.05) is 36.1 Å². The molecule has 4 heterocycles. The second kappa shape index (κ2) is 7.05. The van der Waals surface area contributed by atoms with Gasteiger partial charge in [-0.1, -0.05) is 24.6 Å². The van der Waals surface area contributed by atoms with Crippen LogP contribution in [0.15, 0.2) is 28.7 Å². The van der Waals surface area contributed by atoms with Crippen LogP contribution in [0, 0.1) is 6.92 Å². The fourth-order valence-corrected chi connectivity index (χ4v) is 4.40. The molecule has 1 fully saturated rings. The molecule has 5 rings (SSSR count). The first-order valence-electron chi connectivity index (χ1n) is 10.1. The van der Waals surface area contributed by atoms with E-state index in [2.05, 4.69) is 20.1 Å². The lowest BCUT2D eigenvalue weighted by Gasteiger charge is -2.23. The minimum Gasteiger partial charge on any atom is -0.451 e. The van der Waals surface area contributed by atoms with Crippen LogP contribution in [0.3, 0.4) is 0 Å². The molecule has 0 spiro atoms. The van der Waals surface area contributed by atoms with E-state index < -0.39 is 0 Å². The van der Waals surface area contributed by atoms with Gasteiger partial charge in [0.25, 0.3) is 5.91 Å². The van der Waals surface area contributed by atoms with E-state index in [1.165, 1.54) is 12.8 Å². The molecule has 1 unspecified atom stereocenters. The maximum atomic E-state index is 13.2. The third-order valence-corrected chi connectivity index (χ3v) is 6.00. The number of carbonyl (C=O) groups is 1. The first kappa shape index (κ1) is 17.4. The van der Waals surface area contributed by atoms with Crippen molar-refractivity contribution >= 4 is 16.9 Å². The molecule has 2 aliphatic rings. The zero-order valence-corrected chi connectivity index (χ0v) is 16.1. The van der Waals surface area contributed by atoms with Gasteiger partial charge in [0.1, 0.15) is 17.2 Å². The monoisotopic (exact) mass is 379 g/mol. The fraction of sp³-hybridized carbons (Fsp3) is 0.476. The molecule has 2 aromatic heterocycles. The molecular weight excluding hydrogens is 354 g/mol. The van der Waals surface area contributed by atoms with Gasteiger partial charge in [-0.25, -0.2) is 0 Å². The predicted molar refractivity (Wildman–Crippen MR) is 105 cm³/mol. The average Bonchev–Trinajstić information content (AvgIpc) is 3.22. The highest BCUT2D eigenvalue weighted by Crippen LogP contribution is 2.27. The van der Waals surface area contributed by atoms with E-state index in [9.17, 15) is 4.79 Å². The summed E-state index contributed by atoms with van der Waals surface area (Å²) in [6.45, 7) is 4.98. The van der Waals surface area contributed by atoms with Crippen LogP contribution < -0.4 is 5.32 Å². The normalized spacial score (nSPS) is 20.2. The number of rotatable bonds is 2. The van der Waals surface area contributed by atoms with Gasteiger partial charge < -0.3 is 19.2 Å². The molecule has 28 heavy (non-hydrogen) atoms. The van der Waals surface area contributed by atoms with Gasteiger partial charge in [-0.15, -0.1) is 10.2 Å². The second-order valence-corrected chi connectivity index (χ2v) is 7.72. The molecule has 2 aliphatic heterocycles. The maximum Gasteiger partial charge on any atom is 0.289 e. The van der Waals surface area contributed by atoms with Crippen molar-refractivity contribution < 1.29 is 9.21 Å². The lowest BCUT2D eigenvalue weighted by atomic mass is 10.0. The first-order valence-corrected chi connectivity index (χ1v) is 10.1. The number of furan rings is 1. The van der Waals surface area contributed by atoms with Crippen molar-refractivity contribution in [1.82, 2.24) is 25.0 Å². The number of hydrogen-bond donors (Lipinski definition) is 1. The summed E-state index contributed by atoms with van der Waals surface area (Å²) in [5.74, 6) is 2.40. The SMILES string of the molecule is Cc1c(C(=O)N2CCc3nnc(C4CCCCN4)n3CC2)oc2ccccc12. The van der Waals surface area contributed by atoms with Crippen LogP contribution in [0.2, 0.25) is 0 Å². The number of nitrogens with zero attached hydrogens (tertiary/aromatic N) is 4. The van der Waals surface area contributed by atoms with Gasteiger partial charge in [-0.3, -0.25) is 4.79 Å². The van der Waals surface area contributed by atoms with Crippen molar-refractivity contribution in [2.24, 2.45) is 0 Å². The Balaban J connectivity index is 1.37. The molecule has 146 valence electrons. The van der Waals surface area contributed by atoms with Crippen molar-refractivity contribution in [2.75, 3.05) is 19.6 Å². The fourth-order valence-electron chi connectivity index (χ4n) is 4.40. The van der Waals surface area contributed by atoms with Crippen molar-refractivity contribution in [3.05, 3.63) is 47.2 Å². The van der Waals surface area contributed by atoms with Gasteiger partial charge in [-0.05, 0) is 32.4 Å². The molecule has 1 atom stereocenters. The Labute approximate surface area is 163 Å². The third-order valence-electron chi connectivity index (χ3n) is 6.00. The molecule has 7 nitrogen and oxygen atoms in total. The van der Waals surface area contributed by atoms with Gasteiger partial charge in [0.05, 0.1) is 6.04 Å². The Kier molecular flexibility index (Phi) is 4.39. The standard InChI is InChI=1S/C21H25N5O2/c1-14-15-6-2-3-8-17(15)28-19(14)21(27)25-11-9-18-23-24-20(26(18)13-12-25)16-7-4-5-10-22-16/h2-3,6,8,16,22H,4-5,7,9-13H2,1H3. The van der Waals surface area contributed by atoms with Gasteiger partial charge in [0, 0.05) is 37.0 Å². The summed E-state index contributed by atoms with van der Waals surface area (Å²) in [5, 5.41) is 13.4. The molecule has 1 saturated heterocycles. The van der Waals surface area contributed by atoms with Crippen LogP contribution in [0.4, 0.5) is 0 Å². The summed E-state index contributed by atoms with van der Waals surface area (Å²) in [7, 11) is 0. The van der Waals surface area contributed by atoms with Crippen LogP contribution in [-0.4, -0.2) is 45.2 Å². The summed E-state index contributed by atoms with van der Waals surface area (Å²) in [4.78, 5) is 15.1. The Morgan fingerprint density at radius 2 is 2.07 bits per heavy atom. The number of nitrogens with one attached hydrogen (secondary N) is 1. The molecule has 1 aromatic carbocycles. The average molecular weight is 379 g/mol. The summed E-state index contributed by atoms with van der Waals surface area (Å²) >= 11 is 0. The van der Waals surface area contributed by atoms with Gasteiger partial charge in [0.15, 0.2) is 5.76 Å². The number of fused-ring (bicyclic) bond motifs is 2. The van der Waals surface area contributed by atoms with E-state index in [-0.39, 0.29) is 11.9 Å². The molecule has 7 heteroatoms. The van der Waals surface area contributed by atoms with E-state index in [1.54, 1.807) is 0 Å². The van der Waals surface area contributed by atoms with E-state index >= 15 is 0 Å². The Morgan fingerprint density at radius 1 is 1.18 bits per heavy atom. The van der Waals surface area contributed by atoms with Gasteiger partial charge >= 0.3 is 0 Å². The molecule has 1 amide bonds. The van der Waals surface area contributed by atoms with Gasteiger partial charge in [0.2, 0.25) is 0 Å². The van der Waals surface area contributed by atoms with Crippen molar-refractivity contribution in [1.29, 1.82) is 0 Å². The van der Waals surface area contributed by atoms with Crippen molar-refractivity contribution in [3.63, 3.8) is 0 Å². The van der Waals surface area contributed by atoms with Crippen molar-refractivity contribution in [2.45, 2.75) is 45.2 Å². The van der Waals surface area contributed by atoms with Crippen LogP contribution in [0.25, 0.3) is 11.0 Å². The quantitative estimate of drug-likeness (QED) is 0.741. The zero-order chi connectivity index (χ0) is 19.1. The highest BCUT2D eigenvalue weighted by molar-refractivity contribution is 5.98. The topological polar surface area (TPSA) is 76.2 Å². The summed E-state index contributed by atoms with van der Waals surface area (Å²) < 4.78 is 8.11. The third kappa shape index (κ3) is 2.90. The predicted octanol–water partition coefficient (Wildman–Crippen LogP) is 2.85. The molecule has 0 radical (unpaired) electrons. The number of carbonyl (C=O) groups excluding carboxylic acids is 1. The number of para-hydroxylation sites is 1. The van der Waals surface area contributed by atoms with E-state index in [0.29, 0.717) is 25.3 Å². The van der Waals surface area contributed by atoms with Gasteiger partial charge in [-0.2, -0.15) is 0 Å². The van der Waals surface area contributed by atoms with Crippen LogP contribution in [0.5, 0.6) is 0 Å². The molecular formula is C21H25N5O2. The Bertz CT molecular complexity index is 1020. The minimum absolute atomic E-state index is 0.0373. The van der Waals surface area contributed by atoms with E-state index in [4.69, 9.17) is 4.42 Å². The zero-order valence-electron chi connectivity index (χ0n) is 16.1. The largest absolute Gasteiger partial charge is 0.451 e. The molecule has 3 aromatic rings. The highest BCUT2D eigenvalue weighted by Gasteiger charge is 2.28. The summed E-state index contributed by atoms with van der Waals surface area (Å²) in [6.07, 6.45) is 4.25. The highest BCUT2D eigenvalue weighted by atomic mass is 16.3. The van der Waals surface area contributed by atoms with Crippen molar-refractivity contribution in [3.8, 4) is 0 Å². The first-order chi connectivity index (χ1) is 13.7. The number of aromatic nitrogens is 3.